The fourth-order valence-corrected chi connectivity index (χ4v) is 3.52. The van der Waals surface area contributed by atoms with Crippen LogP contribution in [0.15, 0.2) is 69.6 Å². The third-order valence-electron chi connectivity index (χ3n) is 3.78. The molecular weight excluding hydrogens is 376 g/mol. The molecule has 0 aliphatic rings. The Morgan fingerprint density at radius 3 is 2.00 bits per heavy atom. The second kappa shape index (κ2) is 4.57. The number of halogens is 2. The number of benzene rings is 4. The van der Waals surface area contributed by atoms with Crippen molar-refractivity contribution in [2.75, 3.05) is 0 Å². The summed E-state index contributed by atoms with van der Waals surface area (Å²) in [6.45, 7) is 0. The summed E-state index contributed by atoms with van der Waals surface area (Å²) in [7, 11) is 0. The molecule has 0 N–H and O–H groups in total. The van der Waals surface area contributed by atoms with Crippen LogP contribution in [0.5, 0.6) is 0 Å². The van der Waals surface area contributed by atoms with Crippen molar-refractivity contribution in [3.63, 3.8) is 0 Å². The summed E-state index contributed by atoms with van der Waals surface area (Å²) < 4.78 is 2.18. The Morgan fingerprint density at radius 1 is 0.500 bits per heavy atom. The first kappa shape index (κ1) is 12.4. The van der Waals surface area contributed by atoms with Gasteiger partial charge in [-0.15, -0.1) is 0 Å². The average molecular weight is 386 g/mol. The molecule has 20 heavy (non-hydrogen) atoms. The molecule has 0 atom stereocenters. The lowest BCUT2D eigenvalue weighted by atomic mass is 9.97. The highest BCUT2D eigenvalue weighted by Gasteiger charge is 2.06. The van der Waals surface area contributed by atoms with Crippen LogP contribution in [-0.4, -0.2) is 0 Å². The second-order valence-electron chi connectivity index (χ2n) is 4.93. The maximum Gasteiger partial charge on any atom is 0.0324 e. The van der Waals surface area contributed by atoms with Crippen molar-refractivity contribution in [2.24, 2.45) is 0 Å². The normalized spacial score (nSPS) is 11.5. The monoisotopic (exact) mass is 384 g/mol. The Labute approximate surface area is 133 Å². The van der Waals surface area contributed by atoms with E-state index < -0.39 is 0 Å². The highest BCUT2D eigenvalue weighted by molar-refractivity contribution is 9.13. The van der Waals surface area contributed by atoms with Crippen LogP contribution in [0.3, 0.4) is 0 Å². The molecule has 0 amide bonds. The van der Waals surface area contributed by atoms with Gasteiger partial charge < -0.3 is 0 Å². The maximum atomic E-state index is 3.60. The van der Waals surface area contributed by atoms with E-state index in [0.717, 1.165) is 8.95 Å². The lowest BCUT2D eigenvalue weighted by molar-refractivity contribution is 1.66. The lowest BCUT2D eigenvalue weighted by Crippen LogP contribution is -1.81. The lowest BCUT2D eigenvalue weighted by Gasteiger charge is -2.08. The van der Waals surface area contributed by atoms with Gasteiger partial charge in [0.1, 0.15) is 0 Å². The summed E-state index contributed by atoms with van der Waals surface area (Å²) in [4.78, 5) is 0. The molecule has 0 unspecified atom stereocenters. The predicted octanol–water partition coefficient (Wildman–Crippen LogP) is 6.67. The molecule has 4 aromatic rings. The van der Waals surface area contributed by atoms with Crippen molar-refractivity contribution in [1.29, 1.82) is 0 Å². The summed E-state index contributed by atoms with van der Waals surface area (Å²) in [5.74, 6) is 0. The zero-order valence-electron chi connectivity index (χ0n) is 10.5. The fourth-order valence-electron chi connectivity index (χ4n) is 2.82. The molecule has 0 nitrogen and oxygen atoms in total. The van der Waals surface area contributed by atoms with Gasteiger partial charge in [-0.05, 0) is 76.3 Å². The van der Waals surface area contributed by atoms with Crippen LogP contribution >= 0.6 is 31.9 Å². The SMILES string of the molecule is Brc1cc2ccc3c4ccccc4ccc3c2cc1Br. The van der Waals surface area contributed by atoms with Gasteiger partial charge in [-0.25, -0.2) is 0 Å². The van der Waals surface area contributed by atoms with Gasteiger partial charge in [-0.1, -0.05) is 48.5 Å². The van der Waals surface area contributed by atoms with E-state index in [0.29, 0.717) is 0 Å². The van der Waals surface area contributed by atoms with Crippen LogP contribution in [0, 0.1) is 0 Å². The topological polar surface area (TPSA) is 0 Å². The molecule has 0 spiro atoms. The molecule has 0 aliphatic carbocycles. The first-order valence-corrected chi connectivity index (χ1v) is 8.02. The van der Waals surface area contributed by atoms with Crippen molar-refractivity contribution in [1.82, 2.24) is 0 Å². The van der Waals surface area contributed by atoms with E-state index in [1.54, 1.807) is 0 Å². The molecule has 0 saturated heterocycles. The zero-order chi connectivity index (χ0) is 13.7. The first-order valence-electron chi connectivity index (χ1n) is 6.43. The standard InChI is InChI=1S/C18H10Br2/c19-17-9-12-6-8-14-13-4-2-1-3-11(13)5-7-15(14)16(12)10-18(17)20/h1-10H. The maximum absolute atomic E-state index is 3.60. The average Bonchev–Trinajstić information content (AvgIpc) is 2.48. The van der Waals surface area contributed by atoms with Crippen LogP contribution in [0.4, 0.5) is 0 Å². The van der Waals surface area contributed by atoms with Crippen LogP contribution in [0.2, 0.25) is 0 Å². The van der Waals surface area contributed by atoms with E-state index in [1.807, 2.05) is 0 Å². The molecule has 0 heterocycles. The van der Waals surface area contributed by atoms with E-state index in [4.69, 9.17) is 0 Å². The number of hydrogen-bond donors (Lipinski definition) is 0. The van der Waals surface area contributed by atoms with Gasteiger partial charge in [-0.3, -0.25) is 0 Å². The van der Waals surface area contributed by atoms with Gasteiger partial charge in [0.25, 0.3) is 0 Å². The molecule has 0 aliphatic heterocycles. The minimum absolute atomic E-state index is 1.09. The molecule has 0 aromatic heterocycles. The number of hydrogen-bond acceptors (Lipinski definition) is 0. The quantitative estimate of drug-likeness (QED) is 0.296. The summed E-state index contributed by atoms with van der Waals surface area (Å²) in [6.07, 6.45) is 0. The van der Waals surface area contributed by atoms with Crippen LogP contribution < -0.4 is 0 Å². The largest absolute Gasteiger partial charge is 0.0616 e. The van der Waals surface area contributed by atoms with E-state index in [1.165, 1.54) is 32.3 Å². The molecule has 0 bridgehead atoms. The smallest absolute Gasteiger partial charge is 0.0324 e. The third kappa shape index (κ3) is 1.79. The number of fused-ring (bicyclic) bond motifs is 5. The Morgan fingerprint density at radius 2 is 1.15 bits per heavy atom. The minimum Gasteiger partial charge on any atom is -0.0616 e. The fraction of sp³-hybridized carbons (Fsp3) is 0. The molecule has 4 rings (SSSR count). The van der Waals surface area contributed by atoms with Crippen molar-refractivity contribution in [3.8, 4) is 0 Å². The van der Waals surface area contributed by atoms with E-state index in [9.17, 15) is 0 Å². The Kier molecular flexibility index (Phi) is 2.83. The molecular formula is C18H10Br2. The van der Waals surface area contributed by atoms with E-state index in [2.05, 4.69) is 92.5 Å². The van der Waals surface area contributed by atoms with Crippen LogP contribution in [0.1, 0.15) is 0 Å². The highest BCUT2D eigenvalue weighted by atomic mass is 79.9. The number of rotatable bonds is 0. The summed E-state index contributed by atoms with van der Waals surface area (Å²) >= 11 is 7.18. The minimum atomic E-state index is 1.09. The van der Waals surface area contributed by atoms with Crippen molar-refractivity contribution in [3.05, 3.63) is 69.6 Å². The molecule has 0 radical (unpaired) electrons. The molecule has 0 fully saturated rings. The van der Waals surface area contributed by atoms with Gasteiger partial charge in [-0.2, -0.15) is 0 Å². The van der Waals surface area contributed by atoms with E-state index >= 15 is 0 Å². The highest BCUT2D eigenvalue weighted by Crippen LogP contribution is 2.35. The Bertz CT molecular complexity index is 971. The van der Waals surface area contributed by atoms with Gasteiger partial charge in [0.05, 0.1) is 0 Å². The van der Waals surface area contributed by atoms with Gasteiger partial charge >= 0.3 is 0 Å². The van der Waals surface area contributed by atoms with Gasteiger partial charge in [0.15, 0.2) is 0 Å². The van der Waals surface area contributed by atoms with Crippen LogP contribution in [-0.2, 0) is 0 Å². The predicted molar refractivity (Wildman–Crippen MR) is 94.4 cm³/mol. The summed E-state index contributed by atoms with van der Waals surface area (Å²) in [5, 5.41) is 7.74. The molecule has 4 aromatic carbocycles. The Hall–Kier alpha value is -1.38. The second-order valence-corrected chi connectivity index (χ2v) is 6.64. The van der Waals surface area contributed by atoms with Crippen molar-refractivity contribution < 1.29 is 0 Å². The van der Waals surface area contributed by atoms with Gasteiger partial charge in [0.2, 0.25) is 0 Å². The van der Waals surface area contributed by atoms with Gasteiger partial charge in [0, 0.05) is 8.95 Å². The zero-order valence-corrected chi connectivity index (χ0v) is 13.7. The van der Waals surface area contributed by atoms with Crippen LogP contribution in [0.25, 0.3) is 32.3 Å². The van der Waals surface area contributed by atoms with Crippen molar-refractivity contribution in [2.45, 2.75) is 0 Å². The first-order chi connectivity index (χ1) is 9.74. The summed E-state index contributed by atoms with van der Waals surface area (Å²) in [5.41, 5.74) is 0. The van der Waals surface area contributed by atoms with E-state index in [-0.39, 0.29) is 0 Å². The molecule has 2 heteroatoms. The molecule has 0 saturated carbocycles. The third-order valence-corrected chi connectivity index (χ3v) is 5.63. The summed E-state index contributed by atoms with van der Waals surface area (Å²) in [6, 6.07) is 21.7. The van der Waals surface area contributed by atoms with Crippen molar-refractivity contribution >= 4 is 64.2 Å². The Balaban J connectivity index is 2.25. The molecule has 96 valence electrons.